The van der Waals surface area contributed by atoms with Crippen LogP contribution in [0.2, 0.25) is 5.02 Å². The Morgan fingerprint density at radius 1 is 1.18 bits per heavy atom. The van der Waals surface area contributed by atoms with Gasteiger partial charge in [0.1, 0.15) is 17.4 Å². The van der Waals surface area contributed by atoms with E-state index < -0.39 is 0 Å². The molecule has 0 amide bonds. The van der Waals surface area contributed by atoms with Crippen molar-refractivity contribution in [1.82, 2.24) is 9.97 Å². The minimum atomic E-state index is 0.480. The molecule has 0 aliphatic rings. The number of aromatic nitrogens is 2. The number of aryl methyl sites for hydroxylation is 2. The molecular formula is C17H16ClN3O. The molecule has 0 atom stereocenters. The van der Waals surface area contributed by atoms with Crippen molar-refractivity contribution in [2.75, 3.05) is 12.8 Å². The highest BCUT2D eigenvalue weighted by Gasteiger charge is 2.13. The van der Waals surface area contributed by atoms with Crippen molar-refractivity contribution in [2.45, 2.75) is 12.8 Å². The lowest BCUT2D eigenvalue weighted by molar-refractivity contribution is 0.410. The number of nitrogens with zero attached hydrogens (tertiary/aromatic N) is 2. The molecule has 3 aromatic rings. The second-order valence-corrected chi connectivity index (χ2v) is 5.38. The van der Waals surface area contributed by atoms with Crippen LogP contribution in [0.3, 0.4) is 0 Å². The zero-order chi connectivity index (χ0) is 15.5. The number of benzene rings is 2. The molecule has 112 valence electrons. The van der Waals surface area contributed by atoms with Gasteiger partial charge < -0.3 is 10.5 Å². The van der Waals surface area contributed by atoms with Gasteiger partial charge in [-0.1, -0.05) is 35.9 Å². The van der Waals surface area contributed by atoms with Gasteiger partial charge >= 0.3 is 0 Å². The topological polar surface area (TPSA) is 61.0 Å². The molecule has 0 radical (unpaired) electrons. The van der Waals surface area contributed by atoms with Crippen molar-refractivity contribution in [3.63, 3.8) is 0 Å². The predicted molar refractivity (Wildman–Crippen MR) is 89.4 cm³/mol. The maximum absolute atomic E-state index is 6.48. The van der Waals surface area contributed by atoms with Crippen LogP contribution >= 0.6 is 11.6 Å². The summed E-state index contributed by atoms with van der Waals surface area (Å²) in [6.07, 6.45) is 3.08. The second kappa shape index (κ2) is 6.20. The number of fused-ring (bicyclic) bond motifs is 1. The minimum absolute atomic E-state index is 0.480. The third-order valence-electron chi connectivity index (χ3n) is 3.57. The number of hydrogen-bond donors (Lipinski definition) is 1. The molecule has 2 N–H and O–H groups in total. The predicted octanol–water partition coefficient (Wildman–Crippen LogP) is 3.66. The normalized spacial score (nSPS) is 10.8. The lowest BCUT2D eigenvalue weighted by atomic mass is 10.0. The van der Waals surface area contributed by atoms with Crippen LogP contribution < -0.4 is 10.5 Å². The van der Waals surface area contributed by atoms with Gasteiger partial charge in [-0.3, -0.25) is 0 Å². The Bertz CT molecular complexity index is 820. The Balaban J connectivity index is 1.96. The van der Waals surface area contributed by atoms with E-state index in [0.29, 0.717) is 28.8 Å². The van der Waals surface area contributed by atoms with Crippen molar-refractivity contribution >= 4 is 28.2 Å². The summed E-state index contributed by atoms with van der Waals surface area (Å²) in [5, 5.41) is 2.73. The molecule has 1 heterocycles. The summed E-state index contributed by atoms with van der Waals surface area (Å²) in [6.45, 7) is 0. The molecule has 0 unspecified atom stereocenters. The fourth-order valence-corrected chi connectivity index (χ4v) is 2.90. The number of rotatable bonds is 4. The van der Waals surface area contributed by atoms with Crippen LogP contribution in [0, 0.1) is 0 Å². The molecular weight excluding hydrogens is 298 g/mol. The van der Waals surface area contributed by atoms with Crippen LogP contribution in [0.4, 0.5) is 5.82 Å². The number of nitrogens with two attached hydrogens (primary N) is 1. The van der Waals surface area contributed by atoms with E-state index in [1.807, 2.05) is 24.3 Å². The van der Waals surface area contributed by atoms with Crippen molar-refractivity contribution in [2.24, 2.45) is 0 Å². The molecule has 2 aromatic carbocycles. The summed E-state index contributed by atoms with van der Waals surface area (Å²) in [4.78, 5) is 8.45. The van der Waals surface area contributed by atoms with Crippen LogP contribution in [-0.4, -0.2) is 17.1 Å². The first kappa shape index (κ1) is 14.6. The summed E-state index contributed by atoms with van der Waals surface area (Å²) >= 11 is 6.48. The van der Waals surface area contributed by atoms with Gasteiger partial charge in [0.25, 0.3) is 0 Å². The SMILES string of the molecule is COc1c(CCc2nccc(N)n2)cc2ccccc2c1Cl. The molecule has 0 fully saturated rings. The standard InChI is InChI=1S/C17H16ClN3O/c1-22-17-12(6-7-15-20-9-8-14(19)21-15)10-11-4-2-3-5-13(11)16(17)18/h2-5,8-10H,6-7H2,1H3,(H2,19,20,21). The van der Waals surface area contributed by atoms with E-state index in [1.54, 1.807) is 19.4 Å². The molecule has 0 aliphatic carbocycles. The summed E-state index contributed by atoms with van der Waals surface area (Å²) in [5.74, 6) is 1.91. The molecule has 0 saturated carbocycles. The van der Waals surface area contributed by atoms with E-state index in [1.165, 1.54) is 0 Å². The van der Waals surface area contributed by atoms with Gasteiger partial charge in [-0.25, -0.2) is 9.97 Å². The first-order valence-electron chi connectivity index (χ1n) is 7.00. The highest BCUT2D eigenvalue weighted by molar-refractivity contribution is 6.37. The van der Waals surface area contributed by atoms with Crippen molar-refractivity contribution in [3.8, 4) is 5.75 Å². The quantitative estimate of drug-likeness (QED) is 0.798. The van der Waals surface area contributed by atoms with E-state index in [0.717, 1.165) is 22.8 Å². The van der Waals surface area contributed by atoms with Gasteiger partial charge in [0, 0.05) is 18.0 Å². The zero-order valence-electron chi connectivity index (χ0n) is 12.2. The average molecular weight is 314 g/mol. The fourth-order valence-electron chi connectivity index (χ4n) is 2.53. The maximum Gasteiger partial charge on any atom is 0.141 e. The molecule has 4 nitrogen and oxygen atoms in total. The highest BCUT2D eigenvalue weighted by atomic mass is 35.5. The maximum atomic E-state index is 6.48. The van der Waals surface area contributed by atoms with E-state index >= 15 is 0 Å². The average Bonchev–Trinajstić information content (AvgIpc) is 2.53. The number of halogens is 1. The van der Waals surface area contributed by atoms with Crippen LogP contribution in [0.15, 0.2) is 42.6 Å². The van der Waals surface area contributed by atoms with Gasteiger partial charge in [0.05, 0.1) is 12.1 Å². The van der Waals surface area contributed by atoms with Crippen LogP contribution in [0.5, 0.6) is 5.75 Å². The molecule has 0 bridgehead atoms. The summed E-state index contributed by atoms with van der Waals surface area (Å²) in [5.41, 5.74) is 6.72. The van der Waals surface area contributed by atoms with Crippen molar-refractivity contribution in [3.05, 3.63) is 59.0 Å². The fraction of sp³-hybridized carbons (Fsp3) is 0.176. The summed E-state index contributed by atoms with van der Waals surface area (Å²) in [7, 11) is 1.64. The van der Waals surface area contributed by atoms with Gasteiger partial charge in [-0.05, 0) is 29.5 Å². The Morgan fingerprint density at radius 2 is 2.00 bits per heavy atom. The lowest BCUT2D eigenvalue weighted by Crippen LogP contribution is -2.02. The zero-order valence-corrected chi connectivity index (χ0v) is 13.0. The van der Waals surface area contributed by atoms with Crippen LogP contribution in [-0.2, 0) is 12.8 Å². The van der Waals surface area contributed by atoms with Crippen molar-refractivity contribution < 1.29 is 4.74 Å². The van der Waals surface area contributed by atoms with Gasteiger partial charge in [-0.2, -0.15) is 0 Å². The third kappa shape index (κ3) is 2.83. The van der Waals surface area contributed by atoms with Crippen molar-refractivity contribution in [1.29, 1.82) is 0 Å². The van der Waals surface area contributed by atoms with E-state index in [4.69, 9.17) is 22.1 Å². The molecule has 1 aromatic heterocycles. The Morgan fingerprint density at radius 3 is 2.77 bits per heavy atom. The molecule has 22 heavy (non-hydrogen) atoms. The molecule has 0 saturated heterocycles. The Kier molecular flexibility index (Phi) is 4.11. The van der Waals surface area contributed by atoms with Gasteiger partial charge in [0.15, 0.2) is 0 Å². The largest absolute Gasteiger partial charge is 0.495 e. The number of hydrogen-bond acceptors (Lipinski definition) is 4. The monoisotopic (exact) mass is 313 g/mol. The van der Waals surface area contributed by atoms with Crippen LogP contribution in [0.1, 0.15) is 11.4 Å². The first-order valence-corrected chi connectivity index (χ1v) is 7.38. The number of ether oxygens (including phenoxy) is 1. The van der Waals surface area contributed by atoms with Gasteiger partial charge in [0.2, 0.25) is 0 Å². The van der Waals surface area contributed by atoms with Gasteiger partial charge in [-0.15, -0.1) is 0 Å². The lowest BCUT2D eigenvalue weighted by Gasteiger charge is -2.13. The minimum Gasteiger partial charge on any atom is -0.495 e. The van der Waals surface area contributed by atoms with E-state index in [9.17, 15) is 0 Å². The summed E-state index contributed by atoms with van der Waals surface area (Å²) in [6, 6.07) is 11.8. The third-order valence-corrected chi connectivity index (χ3v) is 3.94. The Hall–Kier alpha value is -2.33. The second-order valence-electron chi connectivity index (χ2n) is 5.00. The Labute approximate surface area is 133 Å². The number of anilines is 1. The number of nitrogen functional groups attached to an aromatic ring is 1. The number of methoxy groups -OCH3 is 1. The van der Waals surface area contributed by atoms with E-state index in [-0.39, 0.29) is 0 Å². The molecule has 3 rings (SSSR count). The molecule has 0 aliphatic heterocycles. The molecule has 5 heteroatoms. The first-order chi connectivity index (χ1) is 10.7. The van der Waals surface area contributed by atoms with Crippen LogP contribution in [0.25, 0.3) is 10.8 Å². The smallest absolute Gasteiger partial charge is 0.141 e. The summed E-state index contributed by atoms with van der Waals surface area (Å²) < 4.78 is 5.50. The van der Waals surface area contributed by atoms with E-state index in [2.05, 4.69) is 16.0 Å². The highest BCUT2D eigenvalue weighted by Crippen LogP contribution is 2.36. The molecule has 0 spiro atoms.